The predicted molar refractivity (Wildman–Crippen MR) is 61.0 cm³/mol. The SMILES string of the molecule is Cc1csc(N2CCC(Br)CC2)n1. The lowest BCUT2D eigenvalue weighted by Crippen LogP contribution is -2.33. The van der Waals surface area contributed by atoms with Crippen LogP contribution < -0.4 is 4.90 Å². The molecule has 2 rings (SSSR count). The van der Waals surface area contributed by atoms with Crippen molar-refractivity contribution in [3.05, 3.63) is 11.1 Å². The fourth-order valence-corrected chi connectivity index (χ4v) is 2.79. The van der Waals surface area contributed by atoms with Crippen molar-refractivity contribution in [3.63, 3.8) is 0 Å². The number of aromatic nitrogens is 1. The summed E-state index contributed by atoms with van der Waals surface area (Å²) in [5.41, 5.74) is 1.14. The topological polar surface area (TPSA) is 16.1 Å². The van der Waals surface area contributed by atoms with Crippen LogP contribution in [0.3, 0.4) is 0 Å². The van der Waals surface area contributed by atoms with Crippen molar-refractivity contribution < 1.29 is 0 Å². The highest BCUT2D eigenvalue weighted by atomic mass is 79.9. The van der Waals surface area contributed by atoms with Crippen LogP contribution in [0.15, 0.2) is 5.38 Å². The van der Waals surface area contributed by atoms with Crippen LogP contribution in [0.2, 0.25) is 0 Å². The Labute approximate surface area is 91.1 Å². The fraction of sp³-hybridized carbons (Fsp3) is 0.667. The summed E-state index contributed by atoms with van der Waals surface area (Å²) in [6, 6.07) is 0. The third kappa shape index (κ3) is 2.23. The lowest BCUT2D eigenvalue weighted by atomic mass is 10.1. The number of nitrogens with zero attached hydrogens (tertiary/aromatic N) is 2. The Morgan fingerprint density at radius 2 is 2.23 bits per heavy atom. The Morgan fingerprint density at radius 3 is 2.77 bits per heavy atom. The molecule has 0 spiro atoms. The first-order valence-electron chi connectivity index (χ1n) is 4.57. The summed E-state index contributed by atoms with van der Waals surface area (Å²) in [5.74, 6) is 0. The second kappa shape index (κ2) is 3.96. The first-order valence-corrected chi connectivity index (χ1v) is 6.36. The predicted octanol–water partition coefficient (Wildman–Crippen LogP) is 2.82. The molecule has 2 nitrogen and oxygen atoms in total. The zero-order valence-electron chi connectivity index (χ0n) is 7.66. The van der Waals surface area contributed by atoms with E-state index in [1.807, 2.05) is 0 Å². The molecule has 0 amide bonds. The second-order valence-corrected chi connectivity index (χ2v) is 5.56. The number of anilines is 1. The molecule has 0 N–H and O–H groups in total. The van der Waals surface area contributed by atoms with Crippen molar-refractivity contribution in [2.75, 3.05) is 18.0 Å². The number of hydrogen-bond donors (Lipinski definition) is 0. The van der Waals surface area contributed by atoms with Crippen LogP contribution in [-0.4, -0.2) is 22.9 Å². The molecular formula is C9H13BrN2S. The highest BCUT2D eigenvalue weighted by Gasteiger charge is 2.18. The highest BCUT2D eigenvalue weighted by Crippen LogP contribution is 2.25. The van der Waals surface area contributed by atoms with Gasteiger partial charge in [0.2, 0.25) is 0 Å². The summed E-state index contributed by atoms with van der Waals surface area (Å²) in [6.07, 6.45) is 2.47. The molecule has 4 heteroatoms. The van der Waals surface area contributed by atoms with Crippen LogP contribution >= 0.6 is 27.3 Å². The first kappa shape index (κ1) is 9.46. The quantitative estimate of drug-likeness (QED) is 0.723. The van der Waals surface area contributed by atoms with E-state index in [1.165, 1.54) is 18.0 Å². The molecule has 0 radical (unpaired) electrons. The maximum atomic E-state index is 4.49. The number of halogens is 1. The molecule has 0 bridgehead atoms. The molecular weight excluding hydrogens is 248 g/mol. The minimum atomic E-state index is 0.713. The average molecular weight is 261 g/mol. The average Bonchev–Trinajstić information content (AvgIpc) is 2.53. The van der Waals surface area contributed by atoms with Crippen molar-refractivity contribution in [3.8, 4) is 0 Å². The molecule has 1 aliphatic heterocycles. The smallest absolute Gasteiger partial charge is 0.185 e. The molecule has 0 saturated carbocycles. The maximum Gasteiger partial charge on any atom is 0.185 e. The van der Waals surface area contributed by atoms with Gasteiger partial charge in [0, 0.05) is 23.3 Å². The number of rotatable bonds is 1. The van der Waals surface area contributed by atoms with Gasteiger partial charge in [-0.2, -0.15) is 0 Å². The maximum absolute atomic E-state index is 4.49. The van der Waals surface area contributed by atoms with Crippen LogP contribution in [0.1, 0.15) is 18.5 Å². The van der Waals surface area contributed by atoms with E-state index in [9.17, 15) is 0 Å². The normalized spacial score (nSPS) is 19.4. The molecule has 0 unspecified atom stereocenters. The van der Waals surface area contributed by atoms with Gasteiger partial charge in [-0.1, -0.05) is 15.9 Å². The standard InChI is InChI=1S/C9H13BrN2S/c1-7-6-13-9(11-7)12-4-2-8(10)3-5-12/h6,8H,2-5H2,1H3. The largest absolute Gasteiger partial charge is 0.348 e. The van der Waals surface area contributed by atoms with Gasteiger partial charge in [-0.05, 0) is 19.8 Å². The fourth-order valence-electron chi connectivity index (χ4n) is 1.53. The number of hydrogen-bond acceptors (Lipinski definition) is 3. The van der Waals surface area contributed by atoms with Gasteiger partial charge in [0.25, 0.3) is 0 Å². The van der Waals surface area contributed by atoms with Gasteiger partial charge in [-0.15, -0.1) is 11.3 Å². The van der Waals surface area contributed by atoms with Crippen molar-refractivity contribution in [2.24, 2.45) is 0 Å². The molecule has 0 aromatic carbocycles. The van der Waals surface area contributed by atoms with Crippen molar-refractivity contribution in [1.29, 1.82) is 0 Å². The van der Waals surface area contributed by atoms with E-state index in [4.69, 9.17) is 0 Å². The van der Waals surface area contributed by atoms with Gasteiger partial charge >= 0.3 is 0 Å². The molecule has 1 fully saturated rings. The first-order chi connectivity index (χ1) is 6.25. The molecule has 72 valence electrons. The number of aryl methyl sites for hydroxylation is 1. The van der Waals surface area contributed by atoms with Crippen LogP contribution in [0.25, 0.3) is 0 Å². The summed E-state index contributed by atoms with van der Waals surface area (Å²) in [5, 5.41) is 3.31. The molecule has 0 atom stereocenters. The summed E-state index contributed by atoms with van der Waals surface area (Å²) in [6.45, 7) is 4.34. The molecule has 1 aromatic heterocycles. The van der Waals surface area contributed by atoms with Crippen LogP contribution in [0.4, 0.5) is 5.13 Å². The minimum absolute atomic E-state index is 0.713. The van der Waals surface area contributed by atoms with Crippen molar-refractivity contribution >= 4 is 32.4 Å². The Hall–Kier alpha value is -0.0900. The Morgan fingerprint density at radius 1 is 1.54 bits per heavy atom. The summed E-state index contributed by atoms with van der Waals surface area (Å²) >= 11 is 5.41. The highest BCUT2D eigenvalue weighted by molar-refractivity contribution is 9.09. The van der Waals surface area contributed by atoms with Gasteiger partial charge < -0.3 is 4.90 Å². The summed E-state index contributed by atoms with van der Waals surface area (Å²) in [7, 11) is 0. The van der Waals surface area contributed by atoms with E-state index in [1.54, 1.807) is 11.3 Å². The van der Waals surface area contributed by atoms with Gasteiger partial charge in [-0.3, -0.25) is 0 Å². The molecule has 1 saturated heterocycles. The van der Waals surface area contributed by atoms with Gasteiger partial charge in [0.15, 0.2) is 5.13 Å². The Balaban J connectivity index is 2.02. The van der Waals surface area contributed by atoms with Crippen molar-refractivity contribution in [1.82, 2.24) is 4.98 Å². The van der Waals surface area contributed by atoms with E-state index in [-0.39, 0.29) is 0 Å². The third-order valence-corrected chi connectivity index (χ3v) is 4.24. The van der Waals surface area contributed by atoms with Gasteiger partial charge in [0.05, 0.1) is 5.69 Å². The monoisotopic (exact) mass is 260 g/mol. The third-order valence-electron chi connectivity index (χ3n) is 2.30. The lowest BCUT2D eigenvalue weighted by Gasteiger charge is -2.28. The van der Waals surface area contributed by atoms with E-state index >= 15 is 0 Å². The summed E-state index contributed by atoms with van der Waals surface area (Å²) in [4.78, 5) is 7.59. The van der Waals surface area contributed by atoms with E-state index in [2.05, 4.69) is 38.1 Å². The molecule has 0 aliphatic carbocycles. The molecule has 1 aliphatic rings. The number of thiazole rings is 1. The second-order valence-electron chi connectivity index (χ2n) is 3.43. The van der Waals surface area contributed by atoms with Crippen LogP contribution in [0, 0.1) is 6.92 Å². The van der Waals surface area contributed by atoms with E-state index in [0.29, 0.717) is 4.83 Å². The molecule has 13 heavy (non-hydrogen) atoms. The van der Waals surface area contributed by atoms with Gasteiger partial charge in [0.1, 0.15) is 0 Å². The Kier molecular flexibility index (Phi) is 2.89. The van der Waals surface area contributed by atoms with Crippen molar-refractivity contribution in [2.45, 2.75) is 24.6 Å². The Bertz CT molecular complexity index is 279. The lowest BCUT2D eigenvalue weighted by molar-refractivity contribution is 0.596. The van der Waals surface area contributed by atoms with Crippen LogP contribution in [0.5, 0.6) is 0 Å². The van der Waals surface area contributed by atoms with E-state index < -0.39 is 0 Å². The zero-order valence-corrected chi connectivity index (χ0v) is 10.1. The summed E-state index contributed by atoms with van der Waals surface area (Å²) < 4.78 is 0. The number of piperidine rings is 1. The molecule has 2 heterocycles. The zero-order chi connectivity index (χ0) is 9.26. The number of alkyl halides is 1. The minimum Gasteiger partial charge on any atom is -0.348 e. The van der Waals surface area contributed by atoms with E-state index in [0.717, 1.165) is 18.8 Å². The molecule has 1 aromatic rings. The van der Waals surface area contributed by atoms with Gasteiger partial charge in [-0.25, -0.2) is 4.98 Å². The van der Waals surface area contributed by atoms with Crippen LogP contribution in [-0.2, 0) is 0 Å².